The first-order chi connectivity index (χ1) is 12.1. The number of hydrogen-bond donors (Lipinski definition) is 3. The van der Waals surface area contributed by atoms with Crippen LogP contribution in [0.25, 0.3) is 0 Å². The van der Waals surface area contributed by atoms with Crippen LogP contribution in [0, 0.1) is 0 Å². The first-order valence-electron chi connectivity index (χ1n) is 8.90. The zero-order valence-corrected chi connectivity index (χ0v) is 15.4. The van der Waals surface area contributed by atoms with Crippen molar-refractivity contribution in [3.8, 4) is 5.75 Å². The van der Waals surface area contributed by atoms with Crippen LogP contribution in [0.3, 0.4) is 0 Å². The van der Waals surface area contributed by atoms with Crippen LogP contribution in [0.4, 0.5) is 0 Å². The zero-order valence-electron chi connectivity index (χ0n) is 15.4. The number of phenolic OH excluding ortho intramolecular Hbond substituents is 1. The number of nitrogens with zero attached hydrogens (tertiary/aromatic N) is 1. The maximum atomic E-state index is 9.31. The average Bonchev–Trinajstić information content (AvgIpc) is 2.65. The molecule has 4 nitrogen and oxygen atoms in total. The van der Waals surface area contributed by atoms with Gasteiger partial charge in [0.05, 0.1) is 0 Å². The van der Waals surface area contributed by atoms with E-state index < -0.39 is 0 Å². The van der Waals surface area contributed by atoms with E-state index in [1.807, 2.05) is 18.2 Å². The van der Waals surface area contributed by atoms with Gasteiger partial charge >= 0.3 is 0 Å². The fourth-order valence-electron chi connectivity index (χ4n) is 2.74. The first-order valence-corrected chi connectivity index (χ1v) is 8.90. The van der Waals surface area contributed by atoms with Crippen molar-refractivity contribution in [3.05, 3.63) is 65.7 Å². The highest BCUT2D eigenvalue weighted by Crippen LogP contribution is 2.18. The number of nitrogens with one attached hydrogen (secondary N) is 2. The van der Waals surface area contributed by atoms with Gasteiger partial charge in [0.2, 0.25) is 0 Å². The second-order valence-corrected chi connectivity index (χ2v) is 6.40. The van der Waals surface area contributed by atoms with Crippen molar-refractivity contribution in [2.45, 2.75) is 38.6 Å². The third-order valence-electron chi connectivity index (χ3n) is 4.53. The van der Waals surface area contributed by atoms with E-state index in [-0.39, 0.29) is 6.04 Å². The molecule has 134 valence electrons. The minimum Gasteiger partial charge on any atom is -0.508 e. The van der Waals surface area contributed by atoms with E-state index in [2.05, 4.69) is 53.7 Å². The molecule has 2 aromatic carbocycles. The Balaban J connectivity index is 1.75. The molecule has 4 heteroatoms. The fraction of sp³-hybridized carbons (Fsp3) is 0.381. The van der Waals surface area contributed by atoms with Gasteiger partial charge in [-0.2, -0.15) is 0 Å². The second-order valence-electron chi connectivity index (χ2n) is 6.40. The topological polar surface area (TPSA) is 56.7 Å². The standard InChI is InChI=1S/C21H29N3O/c1-16(19-9-5-4-6-10-19)17(2)24-21(22-3)23-15-7-8-18-11-13-20(25)14-12-18/h4-6,9-14,16-17,25H,7-8,15H2,1-3H3,(H2,22,23,24). The Hall–Kier alpha value is -2.49. The summed E-state index contributed by atoms with van der Waals surface area (Å²) < 4.78 is 0. The molecule has 0 saturated carbocycles. The van der Waals surface area contributed by atoms with E-state index in [1.165, 1.54) is 11.1 Å². The van der Waals surface area contributed by atoms with Gasteiger partial charge in [-0.3, -0.25) is 4.99 Å². The molecule has 0 heterocycles. The predicted molar refractivity (Wildman–Crippen MR) is 105 cm³/mol. The minimum atomic E-state index is 0.283. The van der Waals surface area contributed by atoms with E-state index in [0.29, 0.717) is 11.7 Å². The largest absolute Gasteiger partial charge is 0.508 e. The smallest absolute Gasteiger partial charge is 0.191 e. The molecule has 0 aliphatic carbocycles. The van der Waals surface area contributed by atoms with Crippen LogP contribution >= 0.6 is 0 Å². The summed E-state index contributed by atoms with van der Waals surface area (Å²) in [6.45, 7) is 5.26. The lowest BCUT2D eigenvalue weighted by molar-refractivity contribution is 0.475. The molecule has 25 heavy (non-hydrogen) atoms. The molecule has 0 aliphatic rings. The first kappa shape index (κ1) is 18.8. The maximum Gasteiger partial charge on any atom is 0.191 e. The van der Waals surface area contributed by atoms with Crippen molar-refractivity contribution < 1.29 is 5.11 Å². The molecule has 0 saturated heterocycles. The quantitative estimate of drug-likeness (QED) is 0.410. The van der Waals surface area contributed by atoms with Crippen molar-refractivity contribution in [3.63, 3.8) is 0 Å². The monoisotopic (exact) mass is 339 g/mol. The van der Waals surface area contributed by atoms with E-state index in [0.717, 1.165) is 25.3 Å². The molecule has 0 aliphatic heterocycles. The predicted octanol–water partition coefficient (Wildman–Crippen LogP) is 3.68. The van der Waals surface area contributed by atoms with Crippen molar-refractivity contribution in [1.82, 2.24) is 10.6 Å². The number of aliphatic imine (C=N–C) groups is 1. The molecule has 0 aromatic heterocycles. The molecule has 0 spiro atoms. The van der Waals surface area contributed by atoms with Gasteiger partial charge in [-0.25, -0.2) is 0 Å². The van der Waals surface area contributed by atoms with Crippen molar-refractivity contribution in [1.29, 1.82) is 0 Å². The zero-order chi connectivity index (χ0) is 18.1. The van der Waals surface area contributed by atoms with Gasteiger partial charge in [0.15, 0.2) is 5.96 Å². The lowest BCUT2D eigenvalue weighted by Crippen LogP contribution is -2.44. The molecule has 0 bridgehead atoms. The Morgan fingerprint density at radius 2 is 1.72 bits per heavy atom. The molecule has 0 fully saturated rings. The Morgan fingerprint density at radius 3 is 2.36 bits per heavy atom. The number of aromatic hydroxyl groups is 1. The molecular formula is C21H29N3O. The summed E-state index contributed by atoms with van der Waals surface area (Å²) in [5, 5.41) is 16.2. The highest BCUT2D eigenvalue weighted by atomic mass is 16.3. The lowest BCUT2D eigenvalue weighted by Gasteiger charge is -2.24. The normalized spacial score (nSPS) is 14.0. The van der Waals surface area contributed by atoms with Gasteiger partial charge in [-0.15, -0.1) is 0 Å². The number of phenols is 1. The van der Waals surface area contributed by atoms with Crippen LogP contribution < -0.4 is 10.6 Å². The third-order valence-corrected chi connectivity index (χ3v) is 4.53. The molecule has 2 rings (SSSR count). The highest BCUT2D eigenvalue weighted by molar-refractivity contribution is 5.80. The molecule has 0 radical (unpaired) electrons. The van der Waals surface area contributed by atoms with E-state index in [4.69, 9.17) is 0 Å². The van der Waals surface area contributed by atoms with Gasteiger partial charge in [0, 0.05) is 25.6 Å². The van der Waals surface area contributed by atoms with E-state index in [9.17, 15) is 5.11 Å². The Bertz CT molecular complexity index is 653. The summed E-state index contributed by atoms with van der Waals surface area (Å²) in [7, 11) is 1.80. The lowest BCUT2D eigenvalue weighted by atomic mass is 9.94. The van der Waals surface area contributed by atoms with Crippen LogP contribution in [0.15, 0.2) is 59.6 Å². The molecular weight excluding hydrogens is 310 g/mol. The fourth-order valence-corrected chi connectivity index (χ4v) is 2.74. The minimum absolute atomic E-state index is 0.283. The summed E-state index contributed by atoms with van der Waals surface area (Å²) in [5.74, 6) is 1.55. The Morgan fingerprint density at radius 1 is 1.04 bits per heavy atom. The van der Waals surface area contributed by atoms with Gasteiger partial charge in [-0.1, -0.05) is 49.4 Å². The van der Waals surface area contributed by atoms with Gasteiger partial charge in [0.25, 0.3) is 0 Å². The highest BCUT2D eigenvalue weighted by Gasteiger charge is 2.15. The maximum absolute atomic E-state index is 9.31. The molecule has 2 unspecified atom stereocenters. The molecule has 2 atom stereocenters. The molecule has 2 aromatic rings. The summed E-state index contributed by atoms with van der Waals surface area (Å²) in [4.78, 5) is 4.32. The van der Waals surface area contributed by atoms with E-state index in [1.54, 1.807) is 19.2 Å². The number of rotatable bonds is 7. The van der Waals surface area contributed by atoms with Crippen LogP contribution in [0.2, 0.25) is 0 Å². The Kier molecular flexibility index (Phi) is 7.33. The van der Waals surface area contributed by atoms with Crippen molar-refractivity contribution in [2.24, 2.45) is 4.99 Å². The van der Waals surface area contributed by atoms with Crippen molar-refractivity contribution in [2.75, 3.05) is 13.6 Å². The number of hydrogen-bond acceptors (Lipinski definition) is 2. The SMILES string of the molecule is CN=C(NCCCc1ccc(O)cc1)NC(C)C(C)c1ccccc1. The number of benzene rings is 2. The van der Waals surface area contributed by atoms with Gasteiger partial charge < -0.3 is 15.7 Å². The average molecular weight is 339 g/mol. The Labute approximate surface area is 151 Å². The second kappa shape index (κ2) is 9.72. The summed E-state index contributed by atoms with van der Waals surface area (Å²) in [6.07, 6.45) is 1.98. The molecule has 3 N–H and O–H groups in total. The summed E-state index contributed by atoms with van der Waals surface area (Å²) >= 11 is 0. The number of guanidine groups is 1. The number of aryl methyl sites for hydroxylation is 1. The summed E-state index contributed by atoms with van der Waals surface area (Å²) in [5.41, 5.74) is 2.55. The van der Waals surface area contributed by atoms with Crippen LogP contribution in [0.5, 0.6) is 5.75 Å². The van der Waals surface area contributed by atoms with Gasteiger partial charge in [0.1, 0.15) is 5.75 Å². The molecule has 0 amide bonds. The van der Waals surface area contributed by atoms with Crippen molar-refractivity contribution >= 4 is 5.96 Å². The van der Waals surface area contributed by atoms with Gasteiger partial charge in [-0.05, 0) is 43.0 Å². The van der Waals surface area contributed by atoms with E-state index >= 15 is 0 Å². The van der Waals surface area contributed by atoms with Crippen LogP contribution in [0.1, 0.15) is 37.3 Å². The third kappa shape index (κ3) is 6.14. The summed E-state index contributed by atoms with van der Waals surface area (Å²) in [6, 6.07) is 18.2. The van der Waals surface area contributed by atoms with Crippen LogP contribution in [-0.2, 0) is 6.42 Å². The van der Waals surface area contributed by atoms with Crippen LogP contribution in [-0.4, -0.2) is 30.7 Å².